The first-order chi connectivity index (χ1) is 8.20. The first-order valence-electron chi connectivity index (χ1n) is 6.09. The van der Waals surface area contributed by atoms with Crippen molar-refractivity contribution in [2.45, 2.75) is 39.2 Å². The average molecular weight is 254 g/mol. The van der Waals surface area contributed by atoms with E-state index in [0.29, 0.717) is 16.1 Å². The molecule has 0 radical (unpaired) electrons. The second-order valence-electron chi connectivity index (χ2n) is 4.40. The van der Waals surface area contributed by atoms with E-state index < -0.39 is 0 Å². The van der Waals surface area contributed by atoms with Gasteiger partial charge in [-0.05, 0) is 32.6 Å². The van der Waals surface area contributed by atoms with Gasteiger partial charge in [0.25, 0.3) is 5.91 Å². The van der Waals surface area contributed by atoms with Crippen LogP contribution in [0.5, 0.6) is 0 Å². The Balaban J connectivity index is 1.89. The van der Waals surface area contributed by atoms with Gasteiger partial charge < -0.3 is 10.6 Å². The molecule has 0 aromatic carbocycles. The highest BCUT2D eigenvalue weighted by Crippen LogP contribution is 2.29. The van der Waals surface area contributed by atoms with Crippen molar-refractivity contribution < 1.29 is 4.79 Å². The molecule has 1 amide bonds. The van der Waals surface area contributed by atoms with Crippen molar-refractivity contribution in [3.05, 3.63) is 5.01 Å². The molecule has 1 aromatic heterocycles. The Bertz CT molecular complexity index is 389. The van der Waals surface area contributed by atoms with Crippen LogP contribution in [-0.4, -0.2) is 28.7 Å². The van der Waals surface area contributed by atoms with Crippen LogP contribution >= 0.6 is 11.3 Å². The van der Waals surface area contributed by atoms with Gasteiger partial charge in [0.1, 0.15) is 0 Å². The van der Waals surface area contributed by atoms with E-state index in [2.05, 4.69) is 27.8 Å². The summed E-state index contributed by atoms with van der Waals surface area (Å²) < 4.78 is 0. The molecule has 1 atom stereocenters. The zero-order valence-electron chi connectivity index (χ0n) is 10.2. The third-order valence-electron chi connectivity index (χ3n) is 3.16. The number of carbonyl (C=O) groups is 1. The van der Waals surface area contributed by atoms with Gasteiger partial charge in [-0.2, -0.15) is 0 Å². The Kier molecular flexibility index (Phi) is 3.93. The molecular formula is C11H18N4OS. The third kappa shape index (κ3) is 2.94. The minimum atomic E-state index is -0.106. The molecule has 0 aliphatic heterocycles. The number of hydrogen-bond acceptors (Lipinski definition) is 5. The molecule has 1 unspecified atom stereocenters. The van der Waals surface area contributed by atoms with E-state index >= 15 is 0 Å². The van der Waals surface area contributed by atoms with Gasteiger partial charge in [0.05, 0.1) is 0 Å². The third-order valence-corrected chi connectivity index (χ3v) is 4.04. The Hall–Kier alpha value is -1.17. The van der Waals surface area contributed by atoms with Crippen LogP contribution in [0.4, 0.5) is 5.13 Å². The normalized spacial score (nSPS) is 17.3. The van der Waals surface area contributed by atoms with Crippen LogP contribution in [0.3, 0.4) is 0 Å². The van der Waals surface area contributed by atoms with E-state index in [1.807, 2.05) is 6.92 Å². The zero-order valence-corrected chi connectivity index (χ0v) is 11.0. The van der Waals surface area contributed by atoms with E-state index in [1.165, 1.54) is 30.6 Å². The number of aromatic nitrogens is 2. The van der Waals surface area contributed by atoms with Gasteiger partial charge in [-0.15, -0.1) is 10.2 Å². The van der Waals surface area contributed by atoms with Gasteiger partial charge in [-0.25, -0.2) is 0 Å². The smallest absolute Gasteiger partial charge is 0.282 e. The van der Waals surface area contributed by atoms with Crippen LogP contribution in [0.1, 0.15) is 42.9 Å². The summed E-state index contributed by atoms with van der Waals surface area (Å²) in [6, 6.07) is 0.239. The maximum atomic E-state index is 11.9. The van der Waals surface area contributed by atoms with Crippen molar-refractivity contribution in [1.29, 1.82) is 0 Å². The maximum absolute atomic E-state index is 11.9. The molecule has 1 aliphatic rings. The van der Waals surface area contributed by atoms with Crippen LogP contribution in [0.15, 0.2) is 0 Å². The van der Waals surface area contributed by atoms with Crippen LogP contribution in [0.25, 0.3) is 0 Å². The molecule has 1 saturated carbocycles. The molecule has 2 rings (SSSR count). The standard InChI is InChI=1S/C11H18N4OS/c1-3-12-11-15-14-10(17-11)9(16)13-7(2)8-5-4-6-8/h7-8H,3-6H2,1-2H3,(H,12,15)(H,13,16). The SMILES string of the molecule is CCNc1nnc(C(=O)NC(C)C2CCC2)s1. The lowest BCUT2D eigenvalue weighted by Crippen LogP contribution is -2.40. The van der Waals surface area contributed by atoms with Gasteiger partial charge >= 0.3 is 0 Å². The quantitative estimate of drug-likeness (QED) is 0.842. The molecule has 0 spiro atoms. The van der Waals surface area contributed by atoms with Gasteiger partial charge in [0.2, 0.25) is 10.1 Å². The Morgan fingerprint density at radius 1 is 1.53 bits per heavy atom. The summed E-state index contributed by atoms with van der Waals surface area (Å²) in [6.07, 6.45) is 3.73. The molecule has 1 aliphatic carbocycles. The summed E-state index contributed by atoms with van der Waals surface area (Å²) >= 11 is 1.30. The lowest BCUT2D eigenvalue weighted by atomic mass is 9.80. The van der Waals surface area contributed by atoms with E-state index in [4.69, 9.17) is 0 Å². The summed E-state index contributed by atoms with van der Waals surface area (Å²) in [7, 11) is 0. The summed E-state index contributed by atoms with van der Waals surface area (Å²) in [4.78, 5) is 11.9. The van der Waals surface area contributed by atoms with Crippen molar-refractivity contribution in [2.24, 2.45) is 5.92 Å². The number of rotatable bonds is 5. The molecule has 0 bridgehead atoms. The summed E-state index contributed by atoms with van der Waals surface area (Å²) in [6.45, 7) is 4.84. The summed E-state index contributed by atoms with van der Waals surface area (Å²) in [5.74, 6) is 0.533. The van der Waals surface area contributed by atoms with E-state index in [-0.39, 0.29) is 11.9 Å². The fourth-order valence-corrected chi connectivity index (χ4v) is 2.58. The largest absolute Gasteiger partial charge is 0.360 e. The van der Waals surface area contributed by atoms with Crippen LogP contribution in [0.2, 0.25) is 0 Å². The predicted molar refractivity (Wildman–Crippen MR) is 68.3 cm³/mol. The fraction of sp³-hybridized carbons (Fsp3) is 0.727. The molecule has 1 fully saturated rings. The molecule has 0 saturated heterocycles. The molecule has 1 aromatic rings. The van der Waals surface area contributed by atoms with Crippen molar-refractivity contribution in [2.75, 3.05) is 11.9 Å². The van der Waals surface area contributed by atoms with Gasteiger partial charge in [-0.3, -0.25) is 4.79 Å². The molecule has 2 N–H and O–H groups in total. The number of amides is 1. The van der Waals surface area contributed by atoms with Gasteiger partial charge in [0, 0.05) is 12.6 Å². The second kappa shape index (κ2) is 5.44. The molecule has 1 heterocycles. The molecule has 94 valence electrons. The van der Waals surface area contributed by atoms with Gasteiger partial charge in [-0.1, -0.05) is 17.8 Å². The molecule has 5 nitrogen and oxygen atoms in total. The van der Waals surface area contributed by atoms with E-state index in [0.717, 1.165) is 6.54 Å². The average Bonchev–Trinajstić information content (AvgIpc) is 2.64. The lowest BCUT2D eigenvalue weighted by molar-refractivity contribution is 0.0908. The highest BCUT2D eigenvalue weighted by Gasteiger charge is 2.26. The Labute approximate surface area is 105 Å². The maximum Gasteiger partial charge on any atom is 0.282 e. The number of hydrogen-bond donors (Lipinski definition) is 2. The predicted octanol–water partition coefficient (Wildman–Crippen LogP) is 1.89. The highest BCUT2D eigenvalue weighted by atomic mass is 32.1. The lowest BCUT2D eigenvalue weighted by Gasteiger charge is -2.31. The van der Waals surface area contributed by atoms with E-state index in [9.17, 15) is 4.79 Å². The number of anilines is 1. The number of carbonyl (C=O) groups excluding carboxylic acids is 1. The summed E-state index contributed by atoms with van der Waals surface area (Å²) in [5.41, 5.74) is 0. The minimum absolute atomic E-state index is 0.106. The topological polar surface area (TPSA) is 66.9 Å². The Morgan fingerprint density at radius 3 is 2.88 bits per heavy atom. The van der Waals surface area contributed by atoms with Crippen molar-refractivity contribution in [1.82, 2.24) is 15.5 Å². The van der Waals surface area contributed by atoms with Crippen LogP contribution < -0.4 is 10.6 Å². The molecular weight excluding hydrogens is 236 g/mol. The monoisotopic (exact) mass is 254 g/mol. The fourth-order valence-electron chi connectivity index (χ4n) is 1.86. The Morgan fingerprint density at radius 2 is 2.29 bits per heavy atom. The number of nitrogens with one attached hydrogen (secondary N) is 2. The van der Waals surface area contributed by atoms with Crippen LogP contribution in [0, 0.1) is 5.92 Å². The minimum Gasteiger partial charge on any atom is -0.360 e. The zero-order chi connectivity index (χ0) is 12.3. The highest BCUT2D eigenvalue weighted by molar-refractivity contribution is 7.17. The number of nitrogens with zero attached hydrogens (tertiary/aromatic N) is 2. The first-order valence-corrected chi connectivity index (χ1v) is 6.90. The van der Waals surface area contributed by atoms with Crippen molar-refractivity contribution >= 4 is 22.4 Å². The van der Waals surface area contributed by atoms with E-state index in [1.54, 1.807) is 0 Å². The molecule has 6 heteroatoms. The van der Waals surface area contributed by atoms with Gasteiger partial charge in [0.15, 0.2) is 0 Å². The molecule has 17 heavy (non-hydrogen) atoms. The first kappa shape index (κ1) is 12.3. The second-order valence-corrected chi connectivity index (χ2v) is 5.37. The summed E-state index contributed by atoms with van der Waals surface area (Å²) in [5, 5.41) is 15.0. The van der Waals surface area contributed by atoms with Crippen molar-refractivity contribution in [3.8, 4) is 0 Å². The van der Waals surface area contributed by atoms with Crippen LogP contribution in [-0.2, 0) is 0 Å². The van der Waals surface area contributed by atoms with Crippen molar-refractivity contribution in [3.63, 3.8) is 0 Å².